The molecule has 0 unspecified atom stereocenters. The molecule has 1 aromatic carbocycles. The SMILES string of the molecule is COc1c(Nc2ccc(C#N)cc2Cl)ncnc1OC(C)C. The highest BCUT2D eigenvalue weighted by atomic mass is 35.5. The van der Waals surface area contributed by atoms with Crippen molar-refractivity contribution in [2.75, 3.05) is 12.4 Å². The second-order valence-electron chi connectivity index (χ2n) is 4.66. The van der Waals surface area contributed by atoms with Gasteiger partial charge in [0.15, 0.2) is 5.82 Å². The number of halogens is 1. The summed E-state index contributed by atoms with van der Waals surface area (Å²) in [6.07, 6.45) is 1.33. The van der Waals surface area contributed by atoms with Crippen LogP contribution >= 0.6 is 11.6 Å². The summed E-state index contributed by atoms with van der Waals surface area (Å²) in [5, 5.41) is 12.3. The number of anilines is 2. The van der Waals surface area contributed by atoms with E-state index in [1.807, 2.05) is 19.9 Å². The van der Waals surface area contributed by atoms with Crippen LogP contribution < -0.4 is 14.8 Å². The van der Waals surface area contributed by atoms with Crippen LogP contribution in [0.3, 0.4) is 0 Å². The van der Waals surface area contributed by atoms with Gasteiger partial charge in [-0.1, -0.05) is 11.6 Å². The maximum atomic E-state index is 8.86. The molecule has 0 fully saturated rings. The summed E-state index contributed by atoms with van der Waals surface area (Å²) < 4.78 is 10.9. The van der Waals surface area contributed by atoms with Crippen LogP contribution in [0.2, 0.25) is 5.02 Å². The van der Waals surface area contributed by atoms with Crippen molar-refractivity contribution in [3.05, 3.63) is 35.1 Å². The third-order valence-corrected chi connectivity index (χ3v) is 2.99. The van der Waals surface area contributed by atoms with E-state index in [1.165, 1.54) is 13.4 Å². The highest BCUT2D eigenvalue weighted by molar-refractivity contribution is 6.33. The lowest BCUT2D eigenvalue weighted by atomic mass is 10.2. The molecule has 0 amide bonds. The zero-order valence-corrected chi connectivity index (χ0v) is 13.2. The van der Waals surface area contributed by atoms with E-state index in [4.69, 9.17) is 26.3 Å². The van der Waals surface area contributed by atoms with Crippen LogP contribution in [0, 0.1) is 11.3 Å². The van der Waals surface area contributed by atoms with Crippen molar-refractivity contribution >= 4 is 23.1 Å². The topological polar surface area (TPSA) is 80.1 Å². The first-order valence-corrected chi connectivity index (χ1v) is 6.95. The number of nitriles is 1. The van der Waals surface area contributed by atoms with Crippen LogP contribution in [0.1, 0.15) is 19.4 Å². The molecule has 6 nitrogen and oxygen atoms in total. The number of nitrogens with one attached hydrogen (secondary N) is 1. The summed E-state index contributed by atoms with van der Waals surface area (Å²) in [5.74, 6) is 1.16. The predicted molar refractivity (Wildman–Crippen MR) is 83.8 cm³/mol. The second kappa shape index (κ2) is 6.96. The van der Waals surface area contributed by atoms with Crippen LogP contribution in [-0.2, 0) is 0 Å². The minimum Gasteiger partial charge on any atom is -0.489 e. The lowest BCUT2D eigenvalue weighted by Gasteiger charge is -2.15. The normalized spacial score (nSPS) is 10.2. The van der Waals surface area contributed by atoms with E-state index >= 15 is 0 Å². The Hall–Kier alpha value is -2.52. The quantitative estimate of drug-likeness (QED) is 0.908. The van der Waals surface area contributed by atoms with Crippen LogP contribution in [0.15, 0.2) is 24.5 Å². The van der Waals surface area contributed by atoms with Crippen LogP contribution in [0.25, 0.3) is 0 Å². The molecule has 2 aromatic rings. The van der Waals surface area contributed by atoms with E-state index in [-0.39, 0.29) is 6.10 Å². The summed E-state index contributed by atoms with van der Waals surface area (Å²) >= 11 is 6.15. The third-order valence-electron chi connectivity index (χ3n) is 2.67. The standard InChI is InChI=1S/C15H15ClN4O2/c1-9(2)22-15-13(21-3)14(18-8-19-15)20-12-5-4-10(7-17)6-11(12)16/h4-6,8-9H,1-3H3,(H,18,19,20). The molecule has 2 rings (SSSR count). The van der Waals surface area contributed by atoms with Gasteiger partial charge < -0.3 is 14.8 Å². The fraction of sp³-hybridized carbons (Fsp3) is 0.267. The average molecular weight is 319 g/mol. The zero-order chi connectivity index (χ0) is 16.1. The minimum atomic E-state index is -0.0462. The molecule has 0 saturated heterocycles. The molecule has 1 heterocycles. The highest BCUT2D eigenvalue weighted by Crippen LogP contribution is 2.35. The van der Waals surface area contributed by atoms with Gasteiger partial charge in [-0.15, -0.1) is 0 Å². The van der Waals surface area contributed by atoms with E-state index in [2.05, 4.69) is 15.3 Å². The number of benzene rings is 1. The maximum absolute atomic E-state index is 8.86. The molecule has 7 heteroatoms. The largest absolute Gasteiger partial charge is 0.489 e. The number of nitrogens with zero attached hydrogens (tertiary/aromatic N) is 3. The number of rotatable bonds is 5. The Morgan fingerprint density at radius 3 is 2.68 bits per heavy atom. The summed E-state index contributed by atoms with van der Waals surface area (Å²) in [7, 11) is 1.51. The van der Waals surface area contributed by atoms with Crippen molar-refractivity contribution in [2.45, 2.75) is 20.0 Å². The smallest absolute Gasteiger partial charge is 0.262 e. The molecule has 0 aliphatic carbocycles. The summed E-state index contributed by atoms with van der Waals surface area (Å²) in [5.41, 5.74) is 1.09. The van der Waals surface area contributed by atoms with Crippen LogP contribution in [0.4, 0.5) is 11.5 Å². The number of methoxy groups -OCH3 is 1. The number of hydrogen-bond donors (Lipinski definition) is 1. The second-order valence-corrected chi connectivity index (χ2v) is 5.07. The van der Waals surface area contributed by atoms with Crippen molar-refractivity contribution in [3.63, 3.8) is 0 Å². The minimum absolute atomic E-state index is 0.0462. The van der Waals surface area contributed by atoms with Gasteiger partial charge >= 0.3 is 0 Å². The van der Waals surface area contributed by atoms with Crippen molar-refractivity contribution in [2.24, 2.45) is 0 Å². The Kier molecular flexibility index (Phi) is 5.02. The van der Waals surface area contributed by atoms with Gasteiger partial charge in [-0.3, -0.25) is 0 Å². The Bertz CT molecular complexity index is 713. The summed E-state index contributed by atoms with van der Waals surface area (Å²) in [6.45, 7) is 3.79. The fourth-order valence-electron chi connectivity index (χ4n) is 1.75. The first-order valence-electron chi connectivity index (χ1n) is 6.57. The van der Waals surface area contributed by atoms with Crippen molar-refractivity contribution in [3.8, 4) is 17.7 Å². The van der Waals surface area contributed by atoms with Gasteiger partial charge in [0.05, 0.1) is 35.6 Å². The monoisotopic (exact) mass is 318 g/mol. The highest BCUT2D eigenvalue weighted by Gasteiger charge is 2.15. The van der Waals surface area contributed by atoms with Gasteiger partial charge in [-0.05, 0) is 32.0 Å². The van der Waals surface area contributed by atoms with Crippen molar-refractivity contribution in [1.82, 2.24) is 9.97 Å². The number of ether oxygens (including phenoxy) is 2. The molecule has 1 aromatic heterocycles. The van der Waals surface area contributed by atoms with Crippen molar-refractivity contribution in [1.29, 1.82) is 5.26 Å². The molecule has 0 saturated carbocycles. The van der Waals surface area contributed by atoms with E-state index in [0.717, 1.165) is 0 Å². The molecule has 0 aliphatic heterocycles. The molecule has 114 valence electrons. The zero-order valence-electron chi connectivity index (χ0n) is 12.4. The molecule has 0 bridgehead atoms. The van der Waals surface area contributed by atoms with Crippen LogP contribution in [0.5, 0.6) is 11.6 Å². The van der Waals surface area contributed by atoms with E-state index in [0.29, 0.717) is 33.7 Å². The van der Waals surface area contributed by atoms with Gasteiger partial charge in [0.25, 0.3) is 5.88 Å². The third kappa shape index (κ3) is 3.57. The molecule has 0 atom stereocenters. The van der Waals surface area contributed by atoms with Gasteiger partial charge in [0, 0.05) is 0 Å². The lowest BCUT2D eigenvalue weighted by Crippen LogP contribution is -2.09. The predicted octanol–water partition coefficient (Wildman–Crippen LogP) is 3.54. The Morgan fingerprint density at radius 2 is 2.09 bits per heavy atom. The molecule has 0 radical (unpaired) electrons. The van der Waals surface area contributed by atoms with Gasteiger partial charge in [-0.2, -0.15) is 10.2 Å². The summed E-state index contributed by atoms with van der Waals surface area (Å²) in [6, 6.07) is 6.96. The van der Waals surface area contributed by atoms with Gasteiger partial charge in [0.1, 0.15) is 6.33 Å². The first-order chi connectivity index (χ1) is 10.5. The lowest BCUT2D eigenvalue weighted by molar-refractivity contribution is 0.220. The van der Waals surface area contributed by atoms with Crippen LogP contribution in [-0.4, -0.2) is 23.2 Å². The Balaban J connectivity index is 2.35. The van der Waals surface area contributed by atoms with Crippen molar-refractivity contribution < 1.29 is 9.47 Å². The summed E-state index contributed by atoms with van der Waals surface area (Å²) in [4.78, 5) is 8.21. The Labute approximate surface area is 133 Å². The van der Waals surface area contributed by atoms with Gasteiger partial charge in [0.2, 0.25) is 5.75 Å². The number of aromatic nitrogens is 2. The maximum Gasteiger partial charge on any atom is 0.262 e. The molecule has 1 N–H and O–H groups in total. The van der Waals surface area contributed by atoms with E-state index in [1.54, 1.807) is 18.2 Å². The molecular weight excluding hydrogens is 304 g/mol. The van der Waals surface area contributed by atoms with E-state index in [9.17, 15) is 0 Å². The molecule has 0 spiro atoms. The molecule has 0 aliphatic rings. The van der Waals surface area contributed by atoms with E-state index < -0.39 is 0 Å². The molecular formula is C15H15ClN4O2. The Morgan fingerprint density at radius 1 is 1.32 bits per heavy atom. The first kappa shape index (κ1) is 15.9. The number of hydrogen-bond acceptors (Lipinski definition) is 6. The van der Waals surface area contributed by atoms with Gasteiger partial charge in [-0.25, -0.2) is 4.98 Å². The fourth-order valence-corrected chi connectivity index (χ4v) is 1.98. The average Bonchev–Trinajstić information content (AvgIpc) is 2.49. The molecule has 22 heavy (non-hydrogen) atoms.